The Morgan fingerprint density at radius 2 is 2.16 bits per heavy atom. The summed E-state index contributed by atoms with van der Waals surface area (Å²) in [6.07, 6.45) is 1.88. The SMILES string of the molecule is C[Si](C)(C)CCOCC1N=Cc2ccc(C#N)cc21. The highest BCUT2D eigenvalue weighted by atomic mass is 28.3. The maximum atomic E-state index is 8.94. The Morgan fingerprint density at radius 1 is 1.37 bits per heavy atom. The van der Waals surface area contributed by atoms with Crippen LogP contribution in [0.3, 0.4) is 0 Å². The standard InChI is InChI=1S/C15H20N2OSi/c1-19(2,3)7-6-18-11-15-14-8-12(9-16)4-5-13(14)10-17-15/h4-5,8,10,15H,6-7,11H2,1-3H3. The molecule has 1 atom stereocenters. The van der Waals surface area contributed by atoms with E-state index in [4.69, 9.17) is 10.00 Å². The van der Waals surface area contributed by atoms with Gasteiger partial charge >= 0.3 is 0 Å². The predicted molar refractivity (Wildman–Crippen MR) is 80.5 cm³/mol. The Labute approximate surface area is 115 Å². The first kappa shape index (κ1) is 14.0. The molecule has 0 spiro atoms. The minimum absolute atomic E-state index is 0.0601. The van der Waals surface area contributed by atoms with Crippen LogP contribution in [-0.2, 0) is 4.74 Å². The summed E-state index contributed by atoms with van der Waals surface area (Å²) in [6, 6.07) is 9.12. The van der Waals surface area contributed by atoms with E-state index in [1.165, 1.54) is 6.04 Å². The zero-order valence-corrected chi connectivity index (χ0v) is 12.8. The van der Waals surface area contributed by atoms with E-state index in [1.807, 2.05) is 24.4 Å². The summed E-state index contributed by atoms with van der Waals surface area (Å²) >= 11 is 0. The zero-order chi connectivity index (χ0) is 13.9. The van der Waals surface area contributed by atoms with E-state index >= 15 is 0 Å². The molecule has 0 bridgehead atoms. The van der Waals surface area contributed by atoms with E-state index in [2.05, 4.69) is 30.7 Å². The Kier molecular flexibility index (Phi) is 4.18. The van der Waals surface area contributed by atoms with Gasteiger partial charge in [-0.25, -0.2) is 0 Å². The molecule has 4 heteroatoms. The Balaban J connectivity index is 1.92. The third-order valence-electron chi connectivity index (χ3n) is 3.24. The van der Waals surface area contributed by atoms with Gasteiger partial charge in [-0.3, -0.25) is 4.99 Å². The van der Waals surface area contributed by atoms with Crippen molar-refractivity contribution in [2.45, 2.75) is 31.7 Å². The summed E-state index contributed by atoms with van der Waals surface area (Å²) in [6.45, 7) is 8.47. The van der Waals surface area contributed by atoms with Gasteiger partial charge in [0, 0.05) is 20.9 Å². The average molecular weight is 272 g/mol. The van der Waals surface area contributed by atoms with Gasteiger partial charge < -0.3 is 4.74 Å². The summed E-state index contributed by atoms with van der Waals surface area (Å²) in [7, 11) is -1.03. The van der Waals surface area contributed by atoms with Gasteiger partial charge in [0.05, 0.1) is 24.3 Å². The third kappa shape index (κ3) is 3.76. The van der Waals surface area contributed by atoms with E-state index in [-0.39, 0.29) is 6.04 Å². The van der Waals surface area contributed by atoms with Crippen molar-refractivity contribution in [1.29, 1.82) is 5.26 Å². The van der Waals surface area contributed by atoms with Gasteiger partial charge in [-0.2, -0.15) is 5.26 Å². The van der Waals surface area contributed by atoms with Crippen LogP contribution in [0.1, 0.15) is 22.7 Å². The Bertz CT molecular complexity index is 526. The molecule has 0 saturated heterocycles. The van der Waals surface area contributed by atoms with Crippen LogP contribution in [0.4, 0.5) is 0 Å². The molecule has 0 aromatic heterocycles. The van der Waals surface area contributed by atoms with Crippen molar-refractivity contribution in [1.82, 2.24) is 0 Å². The molecule has 0 aliphatic carbocycles. The number of aliphatic imine (C=N–C) groups is 1. The van der Waals surface area contributed by atoms with E-state index < -0.39 is 8.07 Å². The molecule has 1 heterocycles. The fraction of sp³-hybridized carbons (Fsp3) is 0.467. The fourth-order valence-corrected chi connectivity index (χ4v) is 2.76. The lowest BCUT2D eigenvalue weighted by Crippen LogP contribution is -2.22. The predicted octanol–water partition coefficient (Wildman–Crippen LogP) is 3.39. The number of nitrogens with zero attached hydrogens (tertiary/aromatic N) is 2. The second-order valence-corrected chi connectivity index (χ2v) is 11.8. The maximum absolute atomic E-state index is 8.94. The van der Waals surface area contributed by atoms with Gasteiger partial charge in [-0.15, -0.1) is 0 Å². The van der Waals surface area contributed by atoms with Gasteiger partial charge in [0.25, 0.3) is 0 Å². The van der Waals surface area contributed by atoms with E-state index in [0.29, 0.717) is 12.2 Å². The second kappa shape index (κ2) is 5.68. The summed E-state index contributed by atoms with van der Waals surface area (Å²) in [5.41, 5.74) is 2.92. The molecular weight excluding hydrogens is 252 g/mol. The zero-order valence-electron chi connectivity index (χ0n) is 11.8. The Hall–Kier alpha value is -1.44. The molecule has 1 unspecified atom stereocenters. The molecule has 1 aromatic carbocycles. The van der Waals surface area contributed by atoms with E-state index in [1.54, 1.807) is 0 Å². The summed E-state index contributed by atoms with van der Waals surface area (Å²) in [4.78, 5) is 4.46. The normalized spacial score (nSPS) is 17.3. The van der Waals surface area contributed by atoms with Crippen LogP contribution in [0.25, 0.3) is 0 Å². The molecule has 0 amide bonds. The topological polar surface area (TPSA) is 45.4 Å². The highest BCUT2D eigenvalue weighted by Gasteiger charge is 2.20. The first-order chi connectivity index (χ1) is 8.99. The summed E-state index contributed by atoms with van der Waals surface area (Å²) < 4.78 is 5.76. The van der Waals surface area contributed by atoms with Crippen LogP contribution in [0.2, 0.25) is 25.7 Å². The molecule has 0 saturated carbocycles. The minimum atomic E-state index is -1.03. The molecular formula is C15H20N2OSi. The monoisotopic (exact) mass is 272 g/mol. The number of hydrogen-bond acceptors (Lipinski definition) is 3. The van der Waals surface area contributed by atoms with Crippen LogP contribution in [-0.4, -0.2) is 27.5 Å². The molecule has 0 N–H and O–H groups in total. The van der Waals surface area contributed by atoms with Gasteiger partial charge in [0.2, 0.25) is 0 Å². The van der Waals surface area contributed by atoms with Crippen LogP contribution >= 0.6 is 0 Å². The van der Waals surface area contributed by atoms with Gasteiger partial charge in [-0.05, 0) is 29.3 Å². The number of fused-ring (bicyclic) bond motifs is 1. The third-order valence-corrected chi connectivity index (χ3v) is 4.94. The van der Waals surface area contributed by atoms with Crippen molar-refractivity contribution < 1.29 is 4.74 Å². The van der Waals surface area contributed by atoms with Crippen molar-refractivity contribution in [2.24, 2.45) is 4.99 Å². The Morgan fingerprint density at radius 3 is 2.84 bits per heavy atom. The first-order valence-corrected chi connectivity index (χ1v) is 10.4. The molecule has 1 aliphatic heterocycles. The first-order valence-electron chi connectivity index (χ1n) is 6.64. The quantitative estimate of drug-likeness (QED) is 0.609. The van der Waals surface area contributed by atoms with Crippen LogP contribution in [0.5, 0.6) is 0 Å². The highest BCUT2D eigenvalue weighted by molar-refractivity contribution is 6.76. The molecule has 19 heavy (non-hydrogen) atoms. The minimum Gasteiger partial charge on any atom is -0.379 e. The second-order valence-electron chi connectivity index (χ2n) is 6.14. The maximum Gasteiger partial charge on any atom is 0.0991 e. The van der Waals surface area contributed by atoms with Gasteiger partial charge in [-0.1, -0.05) is 25.7 Å². The van der Waals surface area contributed by atoms with Crippen molar-refractivity contribution in [2.75, 3.05) is 13.2 Å². The molecule has 1 aliphatic rings. The van der Waals surface area contributed by atoms with Crippen molar-refractivity contribution >= 4 is 14.3 Å². The van der Waals surface area contributed by atoms with Crippen LogP contribution in [0.15, 0.2) is 23.2 Å². The number of benzene rings is 1. The molecule has 2 rings (SSSR count). The number of rotatable bonds is 5. The van der Waals surface area contributed by atoms with Crippen LogP contribution < -0.4 is 0 Å². The molecule has 1 aromatic rings. The van der Waals surface area contributed by atoms with Crippen molar-refractivity contribution in [3.8, 4) is 6.07 Å². The summed E-state index contributed by atoms with van der Waals surface area (Å²) in [5, 5.41) is 8.94. The van der Waals surface area contributed by atoms with Gasteiger partial charge in [0.1, 0.15) is 0 Å². The average Bonchev–Trinajstić information content (AvgIpc) is 2.76. The van der Waals surface area contributed by atoms with Crippen LogP contribution in [0, 0.1) is 11.3 Å². The highest BCUT2D eigenvalue weighted by Crippen LogP contribution is 2.27. The lowest BCUT2D eigenvalue weighted by atomic mass is 10.0. The molecule has 0 radical (unpaired) electrons. The summed E-state index contributed by atoms with van der Waals surface area (Å²) in [5.74, 6) is 0. The van der Waals surface area contributed by atoms with E-state index in [0.717, 1.165) is 17.7 Å². The van der Waals surface area contributed by atoms with Crippen molar-refractivity contribution in [3.63, 3.8) is 0 Å². The van der Waals surface area contributed by atoms with Crippen molar-refractivity contribution in [3.05, 3.63) is 34.9 Å². The lowest BCUT2D eigenvalue weighted by molar-refractivity contribution is 0.134. The molecule has 100 valence electrons. The number of ether oxygens (including phenoxy) is 1. The molecule has 3 nitrogen and oxygen atoms in total. The van der Waals surface area contributed by atoms with Gasteiger partial charge in [0.15, 0.2) is 0 Å². The lowest BCUT2D eigenvalue weighted by Gasteiger charge is -2.16. The number of nitriles is 1. The fourth-order valence-electron chi connectivity index (χ4n) is 2.01. The smallest absolute Gasteiger partial charge is 0.0991 e. The molecule has 0 fully saturated rings. The largest absolute Gasteiger partial charge is 0.379 e. The number of hydrogen-bond donors (Lipinski definition) is 0. The van der Waals surface area contributed by atoms with E-state index in [9.17, 15) is 0 Å².